The van der Waals surface area contributed by atoms with E-state index in [4.69, 9.17) is 10.5 Å². The number of nitrogens with two attached hydrogens (primary N) is 1. The van der Waals surface area contributed by atoms with Crippen LogP contribution in [0.2, 0.25) is 0 Å². The zero-order valence-corrected chi connectivity index (χ0v) is 14.5. The van der Waals surface area contributed by atoms with E-state index in [-0.39, 0.29) is 22.9 Å². The SMILES string of the molecule is Cn1c2c(c(=O)n(C)c1=O)[C@@H](c1ccccc1Br)C(C#N)=C(N)O2. The fourth-order valence-electron chi connectivity index (χ4n) is 2.81. The number of hydrogen-bond acceptors (Lipinski definition) is 5. The highest BCUT2D eigenvalue weighted by Crippen LogP contribution is 2.41. The van der Waals surface area contributed by atoms with Crippen molar-refractivity contribution in [2.75, 3.05) is 0 Å². The molecule has 24 heavy (non-hydrogen) atoms. The number of hydrogen-bond donors (Lipinski definition) is 1. The van der Waals surface area contributed by atoms with Crippen LogP contribution in [0.15, 0.2) is 49.8 Å². The summed E-state index contributed by atoms with van der Waals surface area (Å²) in [6, 6.07) is 9.25. The van der Waals surface area contributed by atoms with Crippen molar-refractivity contribution in [1.29, 1.82) is 5.26 Å². The summed E-state index contributed by atoms with van der Waals surface area (Å²) >= 11 is 3.45. The molecule has 0 amide bonds. The van der Waals surface area contributed by atoms with Gasteiger partial charge in [-0.15, -0.1) is 0 Å². The zero-order valence-electron chi connectivity index (χ0n) is 12.9. The van der Waals surface area contributed by atoms with Crippen molar-refractivity contribution in [3.05, 3.63) is 72.2 Å². The van der Waals surface area contributed by atoms with Crippen molar-refractivity contribution in [1.82, 2.24) is 9.13 Å². The van der Waals surface area contributed by atoms with Gasteiger partial charge in [-0.2, -0.15) is 5.26 Å². The van der Waals surface area contributed by atoms with E-state index in [1.54, 1.807) is 12.1 Å². The van der Waals surface area contributed by atoms with Gasteiger partial charge in [0.05, 0.1) is 11.5 Å². The van der Waals surface area contributed by atoms with Gasteiger partial charge in [-0.3, -0.25) is 13.9 Å². The standard InChI is InChI=1S/C16H13BrN4O3/c1-20-14(22)12-11(8-5-3-4-6-10(8)17)9(7-18)13(19)24-15(12)21(2)16(20)23/h3-6,11H,19H2,1-2H3/t11-/m0/s1. The van der Waals surface area contributed by atoms with Crippen molar-refractivity contribution in [2.24, 2.45) is 19.8 Å². The van der Waals surface area contributed by atoms with Crippen molar-refractivity contribution in [3.8, 4) is 11.9 Å². The first-order chi connectivity index (χ1) is 11.4. The lowest BCUT2D eigenvalue weighted by molar-refractivity contribution is 0.348. The Morgan fingerprint density at radius 1 is 1.25 bits per heavy atom. The minimum Gasteiger partial charge on any atom is -0.423 e. The molecule has 0 aliphatic carbocycles. The highest BCUT2D eigenvalue weighted by molar-refractivity contribution is 9.10. The molecule has 0 unspecified atom stereocenters. The first-order valence-electron chi connectivity index (χ1n) is 7.00. The molecule has 2 aromatic rings. The molecule has 1 aromatic heterocycles. The van der Waals surface area contributed by atoms with E-state index in [2.05, 4.69) is 15.9 Å². The predicted octanol–water partition coefficient (Wildman–Crippen LogP) is 1.06. The Morgan fingerprint density at radius 2 is 1.92 bits per heavy atom. The molecule has 0 bridgehead atoms. The maximum Gasteiger partial charge on any atom is 0.333 e. The summed E-state index contributed by atoms with van der Waals surface area (Å²) < 4.78 is 8.36. The van der Waals surface area contributed by atoms with Crippen LogP contribution in [0.5, 0.6) is 5.88 Å². The molecule has 1 aliphatic heterocycles. The average Bonchev–Trinajstić information content (AvgIpc) is 2.57. The maximum absolute atomic E-state index is 12.7. The first-order valence-corrected chi connectivity index (χ1v) is 7.79. The number of ether oxygens (including phenoxy) is 1. The molecule has 3 rings (SSSR count). The average molecular weight is 389 g/mol. The largest absolute Gasteiger partial charge is 0.423 e. The van der Waals surface area contributed by atoms with Gasteiger partial charge in [0.15, 0.2) is 0 Å². The monoisotopic (exact) mass is 388 g/mol. The van der Waals surface area contributed by atoms with Crippen LogP contribution in [0, 0.1) is 11.3 Å². The van der Waals surface area contributed by atoms with Crippen LogP contribution in [0.1, 0.15) is 17.0 Å². The number of fused-ring (bicyclic) bond motifs is 1. The number of allylic oxidation sites excluding steroid dienone is 1. The number of aromatic nitrogens is 2. The van der Waals surface area contributed by atoms with E-state index in [0.717, 1.165) is 9.04 Å². The van der Waals surface area contributed by atoms with Gasteiger partial charge in [0.1, 0.15) is 11.6 Å². The van der Waals surface area contributed by atoms with Gasteiger partial charge >= 0.3 is 5.69 Å². The van der Waals surface area contributed by atoms with Gasteiger partial charge in [-0.05, 0) is 11.6 Å². The van der Waals surface area contributed by atoms with E-state index in [1.165, 1.54) is 18.7 Å². The van der Waals surface area contributed by atoms with Crippen LogP contribution < -0.4 is 21.7 Å². The van der Waals surface area contributed by atoms with Gasteiger partial charge < -0.3 is 10.5 Å². The lowest BCUT2D eigenvalue weighted by atomic mass is 9.85. The molecule has 0 saturated carbocycles. The molecule has 2 heterocycles. The number of rotatable bonds is 1. The molecule has 1 atom stereocenters. The number of halogens is 1. The van der Waals surface area contributed by atoms with Crippen LogP contribution in [-0.2, 0) is 14.1 Å². The third kappa shape index (κ3) is 2.17. The Hall–Kier alpha value is -2.79. The Labute approximate surface area is 145 Å². The minimum atomic E-state index is -0.722. The Balaban J connectivity index is 2.47. The highest BCUT2D eigenvalue weighted by atomic mass is 79.9. The van der Waals surface area contributed by atoms with Gasteiger partial charge in [-0.25, -0.2) is 4.79 Å². The normalized spacial score (nSPS) is 16.3. The summed E-state index contributed by atoms with van der Waals surface area (Å²) in [4.78, 5) is 24.9. The van der Waals surface area contributed by atoms with Crippen molar-refractivity contribution in [3.63, 3.8) is 0 Å². The minimum absolute atomic E-state index is 0.0559. The Morgan fingerprint density at radius 3 is 2.54 bits per heavy atom. The molecule has 0 spiro atoms. The number of benzene rings is 1. The summed E-state index contributed by atoms with van der Waals surface area (Å²) in [7, 11) is 2.87. The van der Waals surface area contributed by atoms with E-state index >= 15 is 0 Å². The predicted molar refractivity (Wildman–Crippen MR) is 90.4 cm³/mol. The maximum atomic E-state index is 12.7. The Kier molecular flexibility index (Phi) is 3.81. The van der Waals surface area contributed by atoms with Crippen molar-refractivity contribution < 1.29 is 4.74 Å². The van der Waals surface area contributed by atoms with E-state index in [9.17, 15) is 14.9 Å². The smallest absolute Gasteiger partial charge is 0.333 e. The molecule has 0 saturated heterocycles. The van der Waals surface area contributed by atoms with Crippen molar-refractivity contribution in [2.45, 2.75) is 5.92 Å². The van der Waals surface area contributed by atoms with Crippen LogP contribution in [0.3, 0.4) is 0 Å². The van der Waals surface area contributed by atoms with E-state index in [0.29, 0.717) is 5.56 Å². The highest BCUT2D eigenvalue weighted by Gasteiger charge is 2.36. The van der Waals surface area contributed by atoms with Gasteiger partial charge in [0.25, 0.3) is 5.56 Å². The first kappa shape index (κ1) is 16.1. The lowest BCUT2D eigenvalue weighted by Gasteiger charge is -2.27. The number of nitriles is 1. The molecule has 1 aromatic carbocycles. The Bertz CT molecular complexity index is 1040. The molecule has 7 nitrogen and oxygen atoms in total. The quantitative estimate of drug-likeness (QED) is 0.786. The van der Waals surface area contributed by atoms with E-state index < -0.39 is 17.2 Å². The van der Waals surface area contributed by atoms with Crippen LogP contribution >= 0.6 is 15.9 Å². The van der Waals surface area contributed by atoms with E-state index in [1.807, 2.05) is 18.2 Å². The summed E-state index contributed by atoms with van der Waals surface area (Å²) in [5, 5.41) is 9.53. The molecule has 2 N–H and O–H groups in total. The van der Waals surface area contributed by atoms with Gasteiger partial charge in [0, 0.05) is 18.6 Å². The lowest BCUT2D eigenvalue weighted by Crippen LogP contribution is -2.42. The third-order valence-electron chi connectivity index (χ3n) is 4.03. The second kappa shape index (κ2) is 5.69. The summed E-state index contributed by atoms with van der Waals surface area (Å²) in [5.74, 6) is -0.783. The number of nitrogens with zero attached hydrogens (tertiary/aromatic N) is 3. The van der Waals surface area contributed by atoms with Crippen LogP contribution in [0.4, 0.5) is 0 Å². The molecule has 0 fully saturated rings. The fourth-order valence-corrected chi connectivity index (χ4v) is 3.32. The third-order valence-corrected chi connectivity index (χ3v) is 4.75. The molecule has 0 radical (unpaired) electrons. The molecule has 8 heteroatoms. The fraction of sp³-hybridized carbons (Fsp3) is 0.188. The summed E-state index contributed by atoms with van der Waals surface area (Å²) in [6.07, 6.45) is 0. The second-order valence-corrected chi connectivity index (χ2v) is 6.23. The molecular weight excluding hydrogens is 376 g/mol. The van der Waals surface area contributed by atoms with Crippen molar-refractivity contribution >= 4 is 15.9 Å². The zero-order chi connectivity index (χ0) is 17.6. The summed E-state index contributed by atoms with van der Waals surface area (Å²) in [6.45, 7) is 0. The van der Waals surface area contributed by atoms with Gasteiger partial charge in [-0.1, -0.05) is 34.1 Å². The molecule has 1 aliphatic rings. The van der Waals surface area contributed by atoms with Gasteiger partial charge in [0.2, 0.25) is 11.8 Å². The summed E-state index contributed by atoms with van der Waals surface area (Å²) in [5.41, 5.74) is 5.86. The second-order valence-electron chi connectivity index (χ2n) is 5.37. The van der Waals surface area contributed by atoms with Crippen LogP contribution in [0.25, 0.3) is 0 Å². The molecular formula is C16H13BrN4O3. The topological polar surface area (TPSA) is 103 Å². The molecule has 122 valence electrons. The van der Waals surface area contributed by atoms with Crippen LogP contribution in [-0.4, -0.2) is 9.13 Å².